The van der Waals surface area contributed by atoms with E-state index in [9.17, 15) is 0 Å². The zero-order chi connectivity index (χ0) is 11.9. The van der Waals surface area contributed by atoms with Crippen LogP contribution in [0.4, 0.5) is 0 Å². The second kappa shape index (κ2) is 6.83. The maximum atomic E-state index is 5.66. The maximum absolute atomic E-state index is 5.66. The summed E-state index contributed by atoms with van der Waals surface area (Å²) in [4.78, 5) is 0.479. The van der Waals surface area contributed by atoms with Crippen LogP contribution in [-0.2, 0) is 9.47 Å². The van der Waals surface area contributed by atoms with Crippen molar-refractivity contribution in [3.8, 4) is 12.3 Å². The molecule has 0 bridgehead atoms. The molecule has 2 rings (SSSR count). The molecule has 1 aliphatic rings. The Balaban J connectivity index is 1.94. The van der Waals surface area contributed by atoms with Crippen molar-refractivity contribution in [3.05, 3.63) is 30.3 Å². The first kappa shape index (κ1) is 12.7. The summed E-state index contributed by atoms with van der Waals surface area (Å²) in [6, 6.07) is 10.6. The van der Waals surface area contributed by atoms with E-state index in [0.29, 0.717) is 26.4 Å². The van der Waals surface area contributed by atoms with Crippen molar-refractivity contribution in [2.45, 2.75) is 23.9 Å². The van der Waals surface area contributed by atoms with Gasteiger partial charge >= 0.3 is 109 Å². The van der Waals surface area contributed by atoms with Gasteiger partial charge in [0.25, 0.3) is 0 Å². The number of benzene rings is 1. The van der Waals surface area contributed by atoms with E-state index in [-0.39, 0.29) is 6.29 Å². The van der Waals surface area contributed by atoms with E-state index < -0.39 is 0 Å². The molecule has 1 aliphatic heterocycles. The number of rotatable bonds is 4. The molecule has 2 atom stereocenters. The molecule has 1 aromatic carbocycles. The van der Waals surface area contributed by atoms with Crippen LogP contribution < -0.4 is 4.46 Å². The van der Waals surface area contributed by atoms with Gasteiger partial charge in [0.05, 0.1) is 0 Å². The van der Waals surface area contributed by atoms with E-state index in [1.54, 1.807) is 0 Å². The van der Waals surface area contributed by atoms with Crippen LogP contribution in [0.5, 0.6) is 0 Å². The molecule has 2 nitrogen and oxygen atoms in total. The fourth-order valence-corrected chi connectivity index (χ4v) is 4.35. The normalized spacial score (nSPS) is 24.2. The van der Waals surface area contributed by atoms with E-state index in [1.165, 1.54) is 10.9 Å². The number of hydrogen-bond acceptors (Lipinski definition) is 2. The Bertz CT molecular complexity index is 372. The summed E-state index contributed by atoms with van der Waals surface area (Å²) in [6.45, 7) is 1.13. The van der Waals surface area contributed by atoms with Crippen molar-refractivity contribution >= 4 is 19.4 Å². The van der Waals surface area contributed by atoms with Gasteiger partial charge < -0.3 is 0 Å². The third-order valence-electron chi connectivity index (χ3n) is 2.58. The van der Waals surface area contributed by atoms with E-state index in [4.69, 9.17) is 15.9 Å². The summed E-state index contributed by atoms with van der Waals surface area (Å²) in [5.74, 6) is 2.50. The van der Waals surface area contributed by atoms with Crippen LogP contribution in [0.2, 0.25) is 4.82 Å². The summed E-state index contributed by atoms with van der Waals surface area (Å²) in [5, 5.41) is 0. The van der Waals surface area contributed by atoms with Crippen LogP contribution in [-0.4, -0.2) is 34.5 Å². The first-order valence-corrected chi connectivity index (χ1v) is 7.63. The van der Waals surface area contributed by atoms with E-state index in [1.807, 2.05) is 6.07 Å². The monoisotopic (exact) mass is 296 g/mol. The minimum atomic E-state index is -0.111. The molecule has 1 aromatic rings. The van der Waals surface area contributed by atoms with Gasteiger partial charge in [-0.15, -0.1) is 0 Å². The minimum absolute atomic E-state index is 0.111. The van der Waals surface area contributed by atoms with Gasteiger partial charge in [0, 0.05) is 0 Å². The van der Waals surface area contributed by atoms with Crippen LogP contribution in [0, 0.1) is 12.3 Å². The molecule has 0 spiro atoms. The van der Waals surface area contributed by atoms with Gasteiger partial charge in [-0.2, -0.15) is 0 Å². The van der Waals surface area contributed by atoms with Crippen LogP contribution in [0.25, 0.3) is 0 Å². The summed E-state index contributed by atoms with van der Waals surface area (Å²) in [6.07, 6.45) is 7.40. The Morgan fingerprint density at radius 3 is 3.00 bits per heavy atom. The second-order valence-electron chi connectivity index (χ2n) is 3.87. The summed E-state index contributed by atoms with van der Waals surface area (Å²) >= 11 is 0.390. The first-order chi connectivity index (χ1) is 8.40. The second-order valence-corrected chi connectivity index (χ2v) is 6.62. The van der Waals surface area contributed by atoms with Crippen LogP contribution in [0.3, 0.4) is 0 Å². The Labute approximate surface area is 109 Å². The average molecular weight is 295 g/mol. The summed E-state index contributed by atoms with van der Waals surface area (Å²) in [5.41, 5.74) is 0. The molecule has 2 unspecified atom stereocenters. The van der Waals surface area contributed by atoms with Gasteiger partial charge in [-0.3, -0.25) is 0 Å². The Morgan fingerprint density at radius 2 is 2.24 bits per heavy atom. The quantitative estimate of drug-likeness (QED) is 0.620. The predicted octanol–water partition coefficient (Wildman–Crippen LogP) is 1.59. The van der Waals surface area contributed by atoms with Gasteiger partial charge in [-0.1, -0.05) is 0 Å². The van der Waals surface area contributed by atoms with Crippen molar-refractivity contribution in [2.75, 3.05) is 13.2 Å². The Morgan fingerprint density at radius 1 is 1.41 bits per heavy atom. The van der Waals surface area contributed by atoms with Crippen LogP contribution in [0.15, 0.2) is 30.3 Å². The molecule has 0 amide bonds. The fraction of sp³-hybridized carbons (Fsp3) is 0.429. The van der Waals surface area contributed by atoms with Crippen molar-refractivity contribution in [1.29, 1.82) is 0 Å². The van der Waals surface area contributed by atoms with E-state index in [0.717, 1.165) is 13.0 Å². The fourth-order valence-electron chi connectivity index (χ4n) is 1.80. The topological polar surface area (TPSA) is 18.5 Å². The molecule has 3 heteroatoms. The van der Waals surface area contributed by atoms with Gasteiger partial charge in [-0.05, 0) is 0 Å². The SMILES string of the molecule is C#CCOC1OCCCC1[Se]c1ccccc1. The van der Waals surface area contributed by atoms with Gasteiger partial charge in [-0.25, -0.2) is 0 Å². The van der Waals surface area contributed by atoms with Crippen LogP contribution in [0.1, 0.15) is 12.8 Å². The van der Waals surface area contributed by atoms with Gasteiger partial charge in [0.1, 0.15) is 0 Å². The summed E-state index contributed by atoms with van der Waals surface area (Å²) in [7, 11) is 0. The molecule has 0 aliphatic carbocycles. The van der Waals surface area contributed by atoms with Crippen LogP contribution >= 0.6 is 0 Å². The molecule has 17 heavy (non-hydrogen) atoms. The molecule has 0 saturated carbocycles. The predicted molar refractivity (Wildman–Crippen MR) is 69.3 cm³/mol. The zero-order valence-electron chi connectivity index (χ0n) is 9.67. The summed E-state index contributed by atoms with van der Waals surface area (Å²) < 4.78 is 12.6. The average Bonchev–Trinajstić information content (AvgIpc) is 2.39. The number of ether oxygens (including phenoxy) is 2. The molecular formula is C14H16O2Se. The molecule has 0 aromatic heterocycles. The van der Waals surface area contributed by atoms with Crippen molar-refractivity contribution < 1.29 is 9.47 Å². The van der Waals surface area contributed by atoms with E-state index >= 15 is 0 Å². The molecular weight excluding hydrogens is 279 g/mol. The molecule has 1 fully saturated rings. The van der Waals surface area contributed by atoms with Crippen molar-refractivity contribution in [2.24, 2.45) is 0 Å². The molecule has 1 heterocycles. The standard InChI is InChI=1S/C14H16O2Se/c1-2-10-15-14-13(9-6-11-16-14)17-12-7-4-3-5-8-12/h1,3-5,7-8,13-14H,6,9-11H2. The van der Waals surface area contributed by atoms with Gasteiger partial charge in [0.15, 0.2) is 0 Å². The molecule has 0 radical (unpaired) electrons. The Hall–Kier alpha value is -0.781. The van der Waals surface area contributed by atoms with Crippen molar-refractivity contribution in [1.82, 2.24) is 0 Å². The molecule has 1 saturated heterocycles. The Kier molecular flexibility index (Phi) is 5.09. The number of hydrogen-bond donors (Lipinski definition) is 0. The first-order valence-electron chi connectivity index (χ1n) is 5.78. The number of terminal acetylenes is 1. The molecule has 90 valence electrons. The van der Waals surface area contributed by atoms with Crippen molar-refractivity contribution in [3.63, 3.8) is 0 Å². The van der Waals surface area contributed by atoms with E-state index in [2.05, 4.69) is 30.2 Å². The third kappa shape index (κ3) is 3.87. The zero-order valence-corrected chi connectivity index (χ0v) is 11.4. The third-order valence-corrected chi connectivity index (χ3v) is 5.32. The molecule has 0 N–H and O–H groups in total. The van der Waals surface area contributed by atoms with Gasteiger partial charge in [0.2, 0.25) is 0 Å².